The van der Waals surface area contributed by atoms with Crippen molar-refractivity contribution in [3.05, 3.63) is 43.8 Å². The van der Waals surface area contributed by atoms with Crippen LogP contribution in [0.4, 0.5) is 5.69 Å². The molecule has 0 bridgehead atoms. The minimum Gasteiger partial charge on any atom is -0.320 e. The van der Waals surface area contributed by atoms with Gasteiger partial charge in [-0.2, -0.15) is 0 Å². The lowest BCUT2D eigenvalue weighted by Gasteiger charge is -2.02. The predicted molar refractivity (Wildman–Crippen MR) is 74.0 cm³/mol. The van der Waals surface area contributed by atoms with Gasteiger partial charge in [-0.3, -0.25) is 4.79 Å². The van der Waals surface area contributed by atoms with E-state index in [2.05, 4.69) is 26.2 Å². The Morgan fingerprint density at radius 3 is 2.82 bits per heavy atom. The van der Waals surface area contributed by atoms with Gasteiger partial charge in [0.2, 0.25) is 0 Å². The van der Waals surface area contributed by atoms with Crippen LogP contribution >= 0.6 is 38.9 Å². The van der Waals surface area contributed by atoms with Gasteiger partial charge in [0.15, 0.2) is 0 Å². The number of nitrogens with one attached hydrogen (secondary N) is 1. The smallest absolute Gasteiger partial charge is 0.265 e. The van der Waals surface area contributed by atoms with Crippen molar-refractivity contribution in [2.24, 2.45) is 0 Å². The van der Waals surface area contributed by atoms with Crippen molar-refractivity contribution in [2.45, 2.75) is 6.92 Å². The minimum absolute atomic E-state index is 0.145. The van der Waals surface area contributed by atoms with E-state index in [-0.39, 0.29) is 5.91 Å². The highest BCUT2D eigenvalue weighted by Gasteiger charge is 2.11. The van der Waals surface area contributed by atoms with Gasteiger partial charge in [-0.05, 0) is 46.6 Å². The van der Waals surface area contributed by atoms with Gasteiger partial charge < -0.3 is 5.32 Å². The van der Waals surface area contributed by atoms with Gasteiger partial charge in [-0.15, -0.1) is 11.3 Å². The Hall–Kier alpha value is -0.910. The molecule has 0 aromatic carbocycles. The van der Waals surface area contributed by atoms with E-state index in [0.717, 1.165) is 9.35 Å². The molecule has 0 aliphatic heterocycles. The van der Waals surface area contributed by atoms with Crippen molar-refractivity contribution in [2.75, 3.05) is 5.32 Å². The molecule has 1 amide bonds. The van der Waals surface area contributed by atoms with Crippen LogP contribution < -0.4 is 5.32 Å². The molecule has 2 aromatic heterocycles. The van der Waals surface area contributed by atoms with Crippen LogP contribution in [-0.2, 0) is 0 Å². The SMILES string of the molecule is Cc1cc(C(=O)Nc2ccc(Cl)nc2)sc1Br. The Balaban J connectivity index is 2.14. The molecular weight excluding hydrogens is 324 g/mol. The van der Waals surface area contributed by atoms with Crippen LogP contribution in [-0.4, -0.2) is 10.9 Å². The summed E-state index contributed by atoms with van der Waals surface area (Å²) >= 11 is 10.5. The first-order valence-electron chi connectivity index (χ1n) is 4.75. The first kappa shape index (κ1) is 12.5. The number of hydrogen-bond acceptors (Lipinski definition) is 3. The van der Waals surface area contributed by atoms with E-state index in [1.807, 2.05) is 13.0 Å². The summed E-state index contributed by atoms with van der Waals surface area (Å²) in [6, 6.07) is 5.18. The molecule has 0 aliphatic carbocycles. The van der Waals surface area contributed by atoms with Crippen LogP contribution in [0.25, 0.3) is 0 Å². The Bertz CT molecular complexity index is 534. The van der Waals surface area contributed by atoms with Gasteiger partial charge in [-0.1, -0.05) is 11.6 Å². The van der Waals surface area contributed by atoms with Crippen LogP contribution in [0.15, 0.2) is 28.2 Å². The highest BCUT2D eigenvalue weighted by Crippen LogP contribution is 2.27. The first-order chi connectivity index (χ1) is 8.06. The number of amides is 1. The van der Waals surface area contributed by atoms with Crippen LogP contribution in [0, 0.1) is 6.92 Å². The summed E-state index contributed by atoms with van der Waals surface area (Å²) in [5, 5.41) is 3.16. The number of anilines is 1. The summed E-state index contributed by atoms with van der Waals surface area (Å²) in [5.74, 6) is -0.145. The van der Waals surface area contributed by atoms with Gasteiger partial charge in [-0.25, -0.2) is 4.98 Å². The fraction of sp³-hybridized carbons (Fsp3) is 0.0909. The van der Waals surface area contributed by atoms with E-state index >= 15 is 0 Å². The van der Waals surface area contributed by atoms with E-state index in [1.165, 1.54) is 17.5 Å². The molecule has 2 rings (SSSR count). The number of carbonyl (C=O) groups is 1. The number of aryl methyl sites for hydroxylation is 1. The third-order valence-electron chi connectivity index (χ3n) is 2.07. The zero-order valence-electron chi connectivity index (χ0n) is 8.83. The molecule has 0 saturated heterocycles. The van der Waals surface area contributed by atoms with Crippen molar-refractivity contribution in [3.63, 3.8) is 0 Å². The zero-order chi connectivity index (χ0) is 12.4. The number of rotatable bonds is 2. The molecule has 0 saturated carbocycles. The summed E-state index contributed by atoms with van der Waals surface area (Å²) in [4.78, 5) is 16.4. The lowest BCUT2D eigenvalue weighted by atomic mass is 10.3. The van der Waals surface area contributed by atoms with Crippen LogP contribution in [0.5, 0.6) is 0 Å². The summed E-state index contributed by atoms with van der Waals surface area (Å²) in [5.41, 5.74) is 1.68. The quantitative estimate of drug-likeness (QED) is 0.841. The van der Waals surface area contributed by atoms with Crippen LogP contribution in [0.1, 0.15) is 15.2 Å². The largest absolute Gasteiger partial charge is 0.320 e. The number of thiophene rings is 1. The lowest BCUT2D eigenvalue weighted by Crippen LogP contribution is -2.10. The monoisotopic (exact) mass is 330 g/mol. The molecule has 2 aromatic rings. The lowest BCUT2D eigenvalue weighted by molar-refractivity contribution is 0.103. The molecule has 6 heteroatoms. The summed E-state index contributed by atoms with van der Waals surface area (Å²) in [6.45, 7) is 1.95. The van der Waals surface area contributed by atoms with Gasteiger partial charge in [0.25, 0.3) is 5.91 Å². The highest BCUT2D eigenvalue weighted by atomic mass is 79.9. The number of aromatic nitrogens is 1. The number of halogens is 2. The Morgan fingerprint density at radius 1 is 1.53 bits per heavy atom. The van der Waals surface area contributed by atoms with Crippen molar-refractivity contribution in [3.8, 4) is 0 Å². The molecule has 2 heterocycles. The van der Waals surface area contributed by atoms with Crippen LogP contribution in [0.3, 0.4) is 0 Å². The topological polar surface area (TPSA) is 42.0 Å². The van der Waals surface area contributed by atoms with Crippen LogP contribution in [0.2, 0.25) is 5.15 Å². The molecule has 17 heavy (non-hydrogen) atoms. The normalized spacial score (nSPS) is 10.3. The maximum absolute atomic E-state index is 11.9. The molecule has 0 unspecified atom stereocenters. The van der Waals surface area contributed by atoms with E-state index in [0.29, 0.717) is 15.7 Å². The van der Waals surface area contributed by atoms with Gasteiger partial charge >= 0.3 is 0 Å². The predicted octanol–water partition coefficient (Wildman–Crippen LogP) is 4.12. The molecule has 1 N–H and O–H groups in total. The summed E-state index contributed by atoms with van der Waals surface area (Å²) < 4.78 is 0.969. The first-order valence-corrected chi connectivity index (χ1v) is 6.74. The van der Waals surface area contributed by atoms with Crippen molar-refractivity contribution in [1.29, 1.82) is 0 Å². The molecular formula is C11H8BrClN2OS. The highest BCUT2D eigenvalue weighted by molar-refractivity contribution is 9.11. The standard InChI is InChI=1S/C11H8BrClN2OS/c1-6-4-8(17-10(6)12)11(16)15-7-2-3-9(13)14-5-7/h2-5H,1H3,(H,15,16). The van der Waals surface area contributed by atoms with E-state index < -0.39 is 0 Å². The zero-order valence-corrected chi connectivity index (χ0v) is 12.0. The average Bonchev–Trinajstić information content (AvgIpc) is 2.63. The number of nitrogens with zero attached hydrogens (tertiary/aromatic N) is 1. The number of hydrogen-bond donors (Lipinski definition) is 1. The fourth-order valence-electron chi connectivity index (χ4n) is 1.21. The van der Waals surface area contributed by atoms with Crippen molar-refractivity contribution < 1.29 is 4.79 Å². The van der Waals surface area contributed by atoms with Gasteiger partial charge in [0.05, 0.1) is 20.5 Å². The maximum atomic E-state index is 11.9. The molecule has 0 fully saturated rings. The molecule has 0 spiro atoms. The van der Waals surface area contributed by atoms with E-state index in [1.54, 1.807) is 12.1 Å². The summed E-state index contributed by atoms with van der Waals surface area (Å²) in [7, 11) is 0. The van der Waals surface area contributed by atoms with E-state index in [9.17, 15) is 4.79 Å². The molecule has 0 aliphatic rings. The van der Waals surface area contributed by atoms with Crippen molar-refractivity contribution >= 4 is 50.5 Å². The second-order valence-corrected chi connectivity index (χ2v) is 6.15. The second kappa shape index (κ2) is 5.16. The Labute approximate surface area is 116 Å². The maximum Gasteiger partial charge on any atom is 0.265 e. The van der Waals surface area contributed by atoms with Gasteiger partial charge in [0.1, 0.15) is 5.15 Å². The molecule has 88 valence electrons. The Kier molecular flexibility index (Phi) is 3.81. The fourth-order valence-corrected chi connectivity index (χ4v) is 2.76. The third-order valence-corrected chi connectivity index (χ3v) is 4.43. The third kappa shape index (κ3) is 3.06. The summed E-state index contributed by atoms with van der Waals surface area (Å²) in [6.07, 6.45) is 1.52. The Morgan fingerprint density at radius 2 is 2.29 bits per heavy atom. The molecule has 3 nitrogen and oxygen atoms in total. The number of carbonyl (C=O) groups excluding carboxylic acids is 1. The van der Waals surface area contributed by atoms with E-state index in [4.69, 9.17) is 11.6 Å². The van der Waals surface area contributed by atoms with Gasteiger partial charge in [0, 0.05) is 0 Å². The van der Waals surface area contributed by atoms with Crippen molar-refractivity contribution in [1.82, 2.24) is 4.98 Å². The minimum atomic E-state index is -0.145. The molecule has 0 radical (unpaired) electrons. The number of pyridine rings is 1. The second-order valence-electron chi connectivity index (χ2n) is 3.39. The molecule has 0 atom stereocenters. The average molecular weight is 332 g/mol.